The monoisotopic (exact) mass is 403 g/mol. The summed E-state index contributed by atoms with van der Waals surface area (Å²) in [5, 5.41) is 1.27. The number of rotatable bonds is 5. The summed E-state index contributed by atoms with van der Waals surface area (Å²) in [5.41, 5.74) is 2.00. The standard InChI is InChI=1S/C22H17N3OS2/c1-2-15-25-20(26)19(14-8-11-16-9-4-3-5-10-16)28-22(25)24-21-23-17-12-6-7-13-18(17)27-21/h2-14H,1,15H2/b11-8+,19-14+,24-22+. The van der Waals surface area contributed by atoms with E-state index in [4.69, 9.17) is 0 Å². The first kappa shape index (κ1) is 18.4. The number of fused-ring (bicyclic) bond motifs is 1. The fourth-order valence-electron chi connectivity index (χ4n) is 2.70. The van der Waals surface area contributed by atoms with Crippen molar-refractivity contribution in [1.29, 1.82) is 0 Å². The van der Waals surface area contributed by atoms with E-state index in [1.54, 1.807) is 11.0 Å². The lowest BCUT2D eigenvalue weighted by Crippen LogP contribution is -2.29. The van der Waals surface area contributed by atoms with E-state index < -0.39 is 0 Å². The third kappa shape index (κ3) is 3.98. The molecule has 3 aromatic rings. The van der Waals surface area contributed by atoms with Crippen molar-refractivity contribution in [3.8, 4) is 0 Å². The molecule has 0 saturated carbocycles. The third-order valence-corrected chi connectivity index (χ3v) is 5.96. The van der Waals surface area contributed by atoms with Crippen molar-refractivity contribution in [3.63, 3.8) is 0 Å². The fraction of sp³-hybridized carbons (Fsp3) is 0.0455. The fourth-order valence-corrected chi connectivity index (χ4v) is 4.53. The van der Waals surface area contributed by atoms with E-state index in [0.717, 1.165) is 15.8 Å². The van der Waals surface area contributed by atoms with Crippen molar-refractivity contribution in [2.45, 2.75) is 0 Å². The second kappa shape index (κ2) is 8.37. The summed E-state index contributed by atoms with van der Waals surface area (Å²) < 4.78 is 1.08. The topological polar surface area (TPSA) is 45.6 Å². The van der Waals surface area contributed by atoms with E-state index in [1.165, 1.54) is 23.1 Å². The first-order chi connectivity index (χ1) is 13.7. The number of benzene rings is 2. The summed E-state index contributed by atoms with van der Waals surface area (Å²) in [6, 6.07) is 17.9. The van der Waals surface area contributed by atoms with Gasteiger partial charge in [-0.25, -0.2) is 4.98 Å². The highest BCUT2D eigenvalue weighted by atomic mass is 32.2. The minimum Gasteiger partial charge on any atom is -0.282 e. The highest BCUT2D eigenvalue weighted by molar-refractivity contribution is 8.18. The van der Waals surface area contributed by atoms with Gasteiger partial charge in [0.1, 0.15) is 0 Å². The van der Waals surface area contributed by atoms with Gasteiger partial charge in [-0.05, 0) is 35.5 Å². The Hall–Kier alpha value is -2.96. The van der Waals surface area contributed by atoms with Crippen LogP contribution in [0.25, 0.3) is 16.3 Å². The van der Waals surface area contributed by atoms with Crippen LogP contribution in [-0.2, 0) is 4.79 Å². The van der Waals surface area contributed by atoms with Gasteiger partial charge in [0.2, 0.25) is 5.13 Å². The number of carbonyl (C=O) groups is 1. The number of thiazole rings is 1. The van der Waals surface area contributed by atoms with Gasteiger partial charge in [0.05, 0.1) is 15.1 Å². The Bertz CT molecular complexity index is 1080. The summed E-state index contributed by atoms with van der Waals surface area (Å²) in [7, 11) is 0. The number of para-hydroxylation sites is 1. The normalized spacial score (nSPS) is 17.4. The molecule has 0 unspecified atom stereocenters. The van der Waals surface area contributed by atoms with Crippen LogP contribution in [0.4, 0.5) is 5.13 Å². The number of hydrogen-bond acceptors (Lipinski definition) is 5. The Morgan fingerprint density at radius 2 is 1.89 bits per heavy atom. The summed E-state index contributed by atoms with van der Waals surface area (Å²) in [6.07, 6.45) is 7.40. The predicted molar refractivity (Wildman–Crippen MR) is 120 cm³/mol. The molecule has 2 heterocycles. The molecule has 28 heavy (non-hydrogen) atoms. The van der Waals surface area contributed by atoms with Crippen LogP contribution in [0.1, 0.15) is 5.56 Å². The lowest BCUT2D eigenvalue weighted by atomic mass is 10.2. The summed E-state index contributed by atoms with van der Waals surface area (Å²) in [6.45, 7) is 4.17. The minimum absolute atomic E-state index is 0.0672. The molecule has 1 fully saturated rings. The van der Waals surface area contributed by atoms with E-state index in [1.807, 2.05) is 72.8 Å². The molecular weight excluding hydrogens is 386 g/mol. The number of amides is 1. The largest absolute Gasteiger partial charge is 0.282 e. The molecule has 4 rings (SSSR count). The van der Waals surface area contributed by atoms with E-state index in [0.29, 0.717) is 21.7 Å². The van der Waals surface area contributed by atoms with E-state index >= 15 is 0 Å². The zero-order valence-electron chi connectivity index (χ0n) is 15.0. The van der Waals surface area contributed by atoms with E-state index in [2.05, 4.69) is 16.6 Å². The van der Waals surface area contributed by atoms with Crippen LogP contribution in [0.2, 0.25) is 0 Å². The Balaban J connectivity index is 1.61. The van der Waals surface area contributed by atoms with Gasteiger partial charge < -0.3 is 0 Å². The number of amidine groups is 1. The van der Waals surface area contributed by atoms with Crippen LogP contribution in [0, 0.1) is 0 Å². The van der Waals surface area contributed by atoms with Crippen molar-refractivity contribution in [2.75, 3.05) is 6.54 Å². The van der Waals surface area contributed by atoms with Crippen LogP contribution < -0.4 is 0 Å². The van der Waals surface area contributed by atoms with Crippen molar-refractivity contribution in [1.82, 2.24) is 9.88 Å². The number of aliphatic imine (C=N–C) groups is 1. The van der Waals surface area contributed by atoms with Crippen molar-refractivity contribution in [3.05, 3.63) is 89.9 Å². The third-order valence-electron chi connectivity index (χ3n) is 4.01. The Kier molecular flexibility index (Phi) is 5.50. The molecule has 0 spiro atoms. The number of allylic oxidation sites excluding steroid dienone is 2. The molecule has 4 nitrogen and oxygen atoms in total. The van der Waals surface area contributed by atoms with Crippen LogP contribution in [0.3, 0.4) is 0 Å². The molecule has 1 aromatic heterocycles. The highest BCUT2D eigenvalue weighted by Crippen LogP contribution is 2.35. The molecule has 0 atom stereocenters. The molecule has 138 valence electrons. The molecule has 2 aromatic carbocycles. The number of hydrogen-bond donors (Lipinski definition) is 0. The molecule has 1 aliphatic rings. The lowest BCUT2D eigenvalue weighted by Gasteiger charge is -2.11. The minimum atomic E-state index is -0.0672. The van der Waals surface area contributed by atoms with Gasteiger partial charge in [0, 0.05) is 6.54 Å². The molecular formula is C22H17N3OS2. The van der Waals surface area contributed by atoms with Gasteiger partial charge in [-0.1, -0.05) is 72.0 Å². The molecule has 1 aliphatic heterocycles. The van der Waals surface area contributed by atoms with Crippen molar-refractivity contribution in [2.24, 2.45) is 4.99 Å². The summed E-state index contributed by atoms with van der Waals surface area (Å²) >= 11 is 2.87. The average molecular weight is 404 g/mol. The molecule has 1 amide bonds. The van der Waals surface area contributed by atoms with E-state index in [-0.39, 0.29) is 5.91 Å². The summed E-state index contributed by atoms with van der Waals surface area (Å²) in [4.78, 5) is 24.2. The summed E-state index contributed by atoms with van der Waals surface area (Å²) in [5.74, 6) is -0.0672. The van der Waals surface area contributed by atoms with Gasteiger partial charge >= 0.3 is 0 Å². The van der Waals surface area contributed by atoms with Crippen LogP contribution in [0.15, 0.2) is 89.3 Å². The number of thioether (sulfide) groups is 1. The molecule has 0 radical (unpaired) electrons. The van der Waals surface area contributed by atoms with Crippen LogP contribution >= 0.6 is 23.1 Å². The van der Waals surface area contributed by atoms with Gasteiger partial charge in [-0.15, -0.1) is 6.58 Å². The zero-order chi connectivity index (χ0) is 19.3. The van der Waals surface area contributed by atoms with Crippen molar-refractivity contribution >= 4 is 55.6 Å². The Labute approximate surface area is 171 Å². The highest BCUT2D eigenvalue weighted by Gasteiger charge is 2.32. The lowest BCUT2D eigenvalue weighted by molar-refractivity contribution is -0.121. The maximum absolute atomic E-state index is 12.8. The molecule has 0 aliphatic carbocycles. The quantitative estimate of drug-likeness (QED) is 0.409. The SMILES string of the molecule is C=CCN1C(=O)/C(=C\C=C\c2ccccc2)S/C1=N/c1nc2ccccc2s1. The van der Waals surface area contributed by atoms with E-state index in [9.17, 15) is 4.79 Å². The van der Waals surface area contributed by atoms with Crippen LogP contribution in [0.5, 0.6) is 0 Å². The second-order valence-electron chi connectivity index (χ2n) is 5.97. The Morgan fingerprint density at radius 1 is 1.11 bits per heavy atom. The first-order valence-electron chi connectivity index (χ1n) is 8.73. The predicted octanol–water partition coefficient (Wildman–Crippen LogP) is 5.64. The van der Waals surface area contributed by atoms with Gasteiger partial charge in [0.15, 0.2) is 5.17 Å². The molecule has 1 saturated heterocycles. The smallest absolute Gasteiger partial charge is 0.267 e. The maximum atomic E-state index is 12.8. The number of carbonyl (C=O) groups excluding carboxylic acids is 1. The van der Waals surface area contributed by atoms with Gasteiger partial charge in [-0.3, -0.25) is 9.69 Å². The Morgan fingerprint density at radius 3 is 2.68 bits per heavy atom. The zero-order valence-corrected chi connectivity index (χ0v) is 16.6. The van der Waals surface area contributed by atoms with Crippen LogP contribution in [-0.4, -0.2) is 27.5 Å². The average Bonchev–Trinajstić information content (AvgIpc) is 3.25. The second-order valence-corrected chi connectivity index (χ2v) is 7.98. The first-order valence-corrected chi connectivity index (χ1v) is 10.4. The molecule has 0 N–H and O–H groups in total. The molecule has 6 heteroatoms. The maximum Gasteiger partial charge on any atom is 0.267 e. The van der Waals surface area contributed by atoms with Gasteiger partial charge in [-0.2, -0.15) is 4.99 Å². The van der Waals surface area contributed by atoms with Crippen molar-refractivity contribution < 1.29 is 4.79 Å². The number of aromatic nitrogens is 1. The van der Waals surface area contributed by atoms with Gasteiger partial charge in [0.25, 0.3) is 5.91 Å². The molecule has 0 bridgehead atoms. The number of nitrogens with zero attached hydrogens (tertiary/aromatic N) is 3.